The number of fused-ring (bicyclic) bond motifs is 1. The van der Waals surface area contributed by atoms with Crippen molar-refractivity contribution in [2.45, 2.75) is 13.5 Å². The number of hydrogen-bond donors (Lipinski definition) is 1. The minimum Gasteiger partial charge on any atom is -0.494 e. The summed E-state index contributed by atoms with van der Waals surface area (Å²) in [4.78, 5) is 21.3. The Balaban J connectivity index is 1.32. The van der Waals surface area contributed by atoms with E-state index in [-0.39, 0.29) is 6.03 Å². The second-order valence-corrected chi connectivity index (χ2v) is 8.26. The summed E-state index contributed by atoms with van der Waals surface area (Å²) in [5.74, 6) is 0.873. The molecule has 1 N–H and O–H groups in total. The first-order valence-electron chi connectivity index (χ1n) is 9.68. The number of benzene rings is 2. The highest BCUT2D eigenvalue weighted by Crippen LogP contribution is 2.32. The van der Waals surface area contributed by atoms with Crippen LogP contribution in [0.2, 0.25) is 5.02 Å². The second kappa shape index (κ2) is 8.88. The minimum absolute atomic E-state index is 0.0368. The van der Waals surface area contributed by atoms with Crippen LogP contribution in [-0.4, -0.2) is 48.7 Å². The molecule has 2 aromatic carbocycles. The zero-order valence-corrected chi connectivity index (χ0v) is 17.8. The summed E-state index contributed by atoms with van der Waals surface area (Å²) >= 11 is 7.56. The summed E-state index contributed by atoms with van der Waals surface area (Å²) < 4.78 is 6.70. The number of urea groups is 1. The molecular weight excluding hydrogens is 408 g/mol. The number of carbonyl (C=O) groups is 1. The fraction of sp³-hybridized carbons (Fsp3) is 0.333. The number of anilines is 1. The zero-order chi connectivity index (χ0) is 20.2. The van der Waals surface area contributed by atoms with Crippen molar-refractivity contribution in [3.63, 3.8) is 0 Å². The number of ether oxygens (including phenoxy) is 1. The molecule has 1 saturated heterocycles. The lowest BCUT2D eigenvalue weighted by atomic mass is 10.2. The molecule has 1 aliphatic rings. The van der Waals surface area contributed by atoms with Crippen molar-refractivity contribution in [3.05, 3.63) is 53.1 Å². The molecule has 0 aliphatic carbocycles. The van der Waals surface area contributed by atoms with E-state index in [4.69, 9.17) is 21.3 Å². The van der Waals surface area contributed by atoms with Crippen molar-refractivity contribution in [2.24, 2.45) is 0 Å². The lowest BCUT2D eigenvalue weighted by molar-refractivity contribution is 0.194. The molecule has 0 spiro atoms. The van der Waals surface area contributed by atoms with Crippen molar-refractivity contribution < 1.29 is 9.53 Å². The third-order valence-electron chi connectivity index (χ3n) is 4.85. The molecule has 4 rings (SSSR count). The maximum atomic E-state index is 12.5. The SMILES string of the molecule is CCOc1ccc2nc(N3CCN(C(=O)NCc4ccc(Cl)cc4)CC3)sc2c1. The van der Waals surface area contributed by atoms with Crippen LogP contribution in [0, 0.1) is 0 Å². The van der Waals surface area contributed by atoms with Gasteiger partial charge in [0.25, 0.3) is 0 Å². The van der Waals surface area contributed by atoms with E-state index in [2.05, 4.69) is 10.2 Å². The van der Waals surface area contributed by atoms with Gasteiger partial charge >= 0.3 is 6.03 Å². The Morgan fingerprint density at radius 3 is 2.66 bits per heavy atom. The number of carbonyl (C=O) groups excluding carboxylic acids is 1. The summed E-state index contributed by atoms with van der Waals surface area (Å²) in [5, 5.41) is 4.67. The van der Waals surface area contributed by atoms with Crippen molar-refractivity contribution in [3.8, 4) is 5.75 Å². The number of aromatic nitrogens is 1. The number of piperazine rings is 1. The van der Waals surface area contributed by atoms with Crippen LogP contribution in [0.4, 0.5) is 9.93 Å². The van der Waals surface area contributed by atoms with Crippen LogP contribution in [0.5, 0.6) is 5.75 Å². The normalized spacial score (nSPS) is 14.3. The quantitative estimate of drug-likeness (QED) is 0.652. The molecule has 152 valence electrons. The fourth-order valence-electron chi connectivity index (χ4n) is 3.28. The summed E-state index contributed by atoms with van der Waals surface area (Å²) in [6, 6.07) is 13.5. The molecular formula is C21H23ClN4O2S. The average molecular weight is 431 g/mol. The van der Waals surface area contributed by atoms with Crippen molar-refractivity contribution in [2.75, 3.05) is 37.7 Å². The van der Waals surface area contributed by atoms with Crippen molar-refractivity contribution >= 4 is 44.3 Å². The van der Waals surface area contributed by atoms with Gasteiger partial charge in [-0.25, -0.2) is 9.78 Å². The lowest BCUT2D eigenvalue weighted by Crippen LogP contribution is -2.51. The average Bonchev–Trinajstić information content (AvgIpc) is 3.17. The lowest BCUT2D eigenvalue weighted by Gasteiger charge is -2.34. The molecule has 0 bridgehead atoms. The number of thiazole rings is 1. The van der Waals surface area contributed by atoms with Gasteiger partial charge in [-0.05, 0) is 42.8 Å². The topological polar surface area (TPSA) is 57.7 Å². The molecule has 8 heteroatoms. The van der Waals surface area contributed by atoms with Crippen LogP contribution in [0.15, 0.2) is 42.5 Å². The smallest absolute Gasteiger partial charge is 0.317 e. The predicted octanol–water partition coefficient (Wildman–Crippen LogP) is 4.38. The third-order valence-corrected chi connectivity index (χ3v) is 6.18. The van der Waals surface area contributed by atoms with Gasteiger partial charge in [0.1, 0.15) is 5.75 Å². The molecule has 1 aliphatic heterocycles. The zero-order valence-electron chi connectivity index (χ0n) is 16.2. The Hall–Kier alpha value is -2.51. The molecule has 1 fully saturated rings. The highest BCUT2D eigenvalue weighted by molar-refractivity contribution is 7.22. The summed E-state index contributed by atoms with van der Waals surface area (Å²) in [6.07, 6.45) is 0. The monoisotopic (exact) mass is 430 g/mol. The molecule has 1 aromatic heterocycles. The highest BCUT2D eigenvalue weighted by atomic mass is 35.5. The largest absolute Gasteiger partial charge is 0.494 e. The number of halogens is 1. The summed E-state index contributed by atoms with van der Waals surface area (Å²) in [6.45, 7) is 6.01. The number of hydrogen-bond acceptors (Lipinski definition) is 5. The van der Waals surface area contributed by atoms with Crippen LogP contribution in [0.3, 0.4) is 0 Å². The van der Waals surface area contributed by atoms with E-state index in [9.17, 15) is 4.79 Å². The standard InChI is InChI=1S/C21H23ClN4O2S/c1-2-28-17-7-8-18-19(13-17)29-21(24-18)26-11-9-25(10-12-26)20(27)23-14-15-3-5-16(22)6-4-15/h3-8,13H,2,9-12,14H2,1H3,(H,23,27). The Bertz CT molecular complexity index is 984. The predicted molar refractivity (Wildman–Crippen MR) is 118 cm³/mol. The summed E-state index contributed by atoms with van der Waals surface area (Å²) in [5.41, 5.74) is 2.01. The van der Waals surface area contributed by atoms with E-state index in [0.717, 1.165) is 39.8 Å². The first-order chi connectivity index (χ1) is 14.1. The van der Waals surface area contributed by atoms with Gasteiger partial charge in [-0.1, -0.05) is 35.1 Å². The number of amides is 2. The molecule has 0 saturated carbocycles. The van der Waals surface area contributed by atoms with Gasteiger partial charge in [0.2, 0.25) is 0 Å². The second-order valence-electron chi connectivity index (χ2n) is 6.82. The van der Waals surface area contributed by atoms with E-state index < -0.39 is 0 Å². The van der Waals surface area contributed by atoms with Crippen LogP contribution in [0.1, 0.15) is 12.5 Å². The molecule has 2 heterocycles. The molecule has 6 nitrogen and oxygen atoms in total. The molecule has 0 unspecified atom stereocenters. The van der Waals surface area contributed by atoms with Gasteiger partial charge in [0, 0.05) is 37.7 Å². The van der Waals surface area contributed by atoms with Gasteiger partial charge in [-0.2, -0.15) is 0 Å². The number of nitrogens with one attached hydrogen (secondary N) is 1. The molecule has 0 atom stereocenters. The van der Waals surface area contributed by atoms with E-state index in [1.165, 1.54) is 0 Å². The maximum Gasteiger partial charge on any atom is 0.317 e. The van der Waals surface area contributed by atoms with E-state index in [0.29, 0.717) is 31.3 Å². The highest BCUT2D eigenvalue weighted by Gasteiger charge is 2.23. The van der Waals surface area contributed by atoms with Crippen LogP contribution in [0.25, 0.3) is 10.2 Å². The van der Waals surface area contributed by atoms with Crippen LogP contribution < -0.4 is 15.0 Å². The van der Waals surface area contributed by atoms with E-state index in [1.807, 2.05) is 54.3 Å². The maximum absolute atomic E-state index is 12.5. The fourth-order valence-corrected chi connectivity index (χ4v) is 4.45. The number of nitrogens with zero attached hydrogens (tertiary/aromatic N) is 3. The van der Waals surface area contributed by atoms with Gasteiger partial charge in [0.05, 0.1) is 16.8 Å². The van der Waals surface area contributed by atoms with Gasteiger partial charge < -0.3 is 19.9 Å². The summed E-state index contributed by atoms with van der Waals surface area (Å²) in [7, 11) is 0. The minimum atomic E-state index is -0.0368. The van der Waals surface area contributed by atoms with Gasteiger partial charge in [-0.15, -0.1) is 0 Å². The number of rotatable bonds is 5. The van der Waals surface area contributed by atoms with Crippen molar-refractivity contribution in [1.82, 2.24) is 15.2 Å². The van der Waals surface area contributed by atoms with E-state index >= 15 is 0 Å². The van der Waals surface area contributed by atoms with Crippen LogP contribution >= 0.6 is 22.9 Å². The van der Waals surface area contributed by atoms with Crippen molar-refractivity contribution in [1.29, 1.82) is 0 Å². The molecule has 2 amide bonds. The molecule has 3 aromatic rings. The Labute approximate surface area is 179 Å². The first-order valence-corrected chi connectivity index (χ1v) is 10.9. The Morgan fingerprint density at radius 2 is 1.93 bits per heavy atom. The third kappa shape index (κ3) is 4.74. The Kier molecular flexibility index (Phi) is 6.06. The first kappa shape index (κ1) is 19.8. The molecule has 0 radical (unpaired) electrons. The van der Waals surface area contributed by atoms with Crippen LogP contribution in [-0.2, 0) is 6.54 Å². The molecule has 29 heavy (non-hydrogen) atoms. The van der Waals surface area contributed by atoms with Gasteiger partial charge in [-0.3, -0.25) is 0 Å². The van der Waals surface area contributed by atoms with E-state index in [1.54, 1.807) is 11.3 Å². The van der Waals surface area contributed by atoms with Gasteiger partial charge in [0.15, 0.2) is 5.13 Å². The Morgan fingerprint density at radius 1 is 1.17 bits per heavy atom.